The Kier molecular flexibility index (Phi) is 8.19. The highest BCUT2D eigenvalue weighted by atomic mass is 14.9. The van der Waals surface area contributed by atoms with E-state index in [0.29, 0.717) is 5.82 Å². The summed E-state index contributed by atoms with van der Waals surface area (Å²) in [5.41, 5.74) is 11.9. The van der Waals surface area contributed by atoms with Gasteiger partial charge in [0, 0.05) is 16.7 Å². The van der Waals surface area contributed by atoms with Crippen molar-refractivity contribution in [2.45, 2.75) is 0 Å². The van der Waals surface area contributed by atoms with Gasteiger partial charge in [0.15, 0.2) is 5.82 Å². The molecule has 2 nitrogen and oxygen atoms in total. The fourth-order valence-electron chi connectivity index (χ4n) is 8.56. The highest BCUT2D eigenvalue weighted by Crippen LogP contribution is 2.41. The van der Waals surface area contributed by atoms with E-state index >= 15 is 0 Å². The van der Waals surface area contributed by atoms with Gasteiger partial charge < -0.3 is 0 Å². The van der Waals surface area contributed by atoms with Crippen LogP contribution in [0, 0.1) is 0 Å². The number of fused-ring (bicyclic) bond motifs is 5. The summed E-state index contributed by atoms with van der Waals surface area (Å²) in [4.78, 5) is 10.6. The van der Waals surface area contributed by atoms with E-state index in [0.717, 1.165) is 44.8 Å². The average Bonchev–Trinajstić information content (AvgIpc) is 3.31. The van der Waals surface area contributed by atoms with Crippen molar-refractivity contribution < 1.29 is 0 Å². The van der Waals surface area contributed by atoms with Gasteiger partial charge in [0.2, 0.25) is 0 Å². The minimum atomic E-state index is 0.688. The maximum atomic E-state index is 5.34. The fourth-order valence-corrected chi connectivity index (χ4v) is 8.56. The first-order valence-corrected chi connectivity index (χ1v) is 19.8. The van der Waals surface area contributed by atoms with Crippen LogP contribution in [0.15, 0.2) is 218 Å². The smallest absolute Gasteiger partial charge is 0.160 e. The minimum Gasteiger partial charge on any atom is -0.228 e. The van der Waals surface area contributed by atoms with Crippen molar-refractivity contribution in [2.24, 2.45) is 0 Å². The van der Waals surface area contributed by atoms with Gasteiger partial charge in [-0.15, -0.1) is 0 Å². The Morgan fingerprint density at radius 2 is 0.793 bits per heavy atom. The number of hydrogen-bond acceptors (Lipinski definition) is 2. The van der Waals surface area contributed by atoms with E-state index < -0.39 is 0 Å². The maximum Gasteiger partial charge on any atom is 0.160 e. The summed E-state index contributed by atoms with van der Waals surface area (Å²) < 4.78 is 0. The molecular weight excluding hydrogens is 701 g/mol. The Balaban J connectivity index is 1.06. The van der Waals surface area contributed by atoms with E-state index in [1.165, 1.54) is 59.8 Å². The molecule has 58 heavy (non-hydrogen) atoms. The molecule has 270 valence electrons. The van der Waals surface area contributed by atoms with Crippen LogP contribution in [0.4, 0.5) is 0 Å². The van der Waals surface area contributed by atoms with Crippen LogP contribution in [0.3, 0.4) is 0 Å². The van der Waals surface area contributed by atoms with Gasteiger partial charge in [-0.3, -0.25) is 0 Å². The molecule has 0 N–H and O–H groups in total. The lowest BCUT2D eigenvalue weighted by Crippen LogP contribution is -1.97. The number of benzene rings is 10. The molecule has 0 spiro atoms. The molecule has 2 heteroatoms. The molecule has 10 aromatic carbocycles. The summed E-state index contributed by atoms with van der Waals surface area (Å²) in [6.45, 7) is 0. The zero-order valence-electron chi connectivity index (χ0n) is 31.7. The maximum absolute atomic E-state index is 5.34. The third kappa shape index (κ3) is 6.00. The van der Waals surface area contributed by atoms with Gasteiger partial charge in [-0.25, -0.2) is 9.97 Å². The molecule has 1 heterocycles. The Morgan fingerprint density at radius 3 is 1.60 bits per heavy atom. The van der Waals surface area contributed by atoms with Crippen LogP contribution in [0.1, 0.15) is 0 Å². The molecule has 1 aromatic heterocycles. The molecule has 0 aliphatic rings. The van der Waals surface area contributed by atoms with Gasteiger partial charge in [-0.1, -0.05) is 200 Å². The third-order valence-electron chi connectivity index (χ3n) is 11.5. The molecule has 0 aliphatic heterocycles. The Hall–Kier alpha value is -7.68. The average molecular weight is 737 g/mol. The molecular formula is C56H36N2. The highest BCUT2D eigenvalue weighted by molar-refractivity contribution is 6.20. The SMILES string of the molecule is c1ccc(-c2ccc(-c3cc(-c4ccccc4-c4ccc5ccccc5c4)nc(-c4ccc(-c5c6ccccc6cc6c5ccc5ccccc56)cc4)n3)cc2)cc1. The van der Waals surface area contributed by atoms with E-state index in [4.69, 9.17) is 9.97 Å². The number of nitrogens with zero attached hydrogens (tertiary/aromatic N) is 2. The first kappa shape index (κ1) is 33.6. The first-order valence-electron chi connectivity index (χ1n) is 19.8. The van der Waals surface area contributed by atoms with Crippen molar-refractivity contribution in [1.29, 1.82) is 0 Å². The standard InChI is InChI=1S/C56H36N2/c1-2-12-37(13-3-1)39-22-25-41(26-23-39)53-36-54(50-21-11-10-19-48(50)46-31-24-38-14-4-5-16-44(38)34-46)58-56(57-53)43-29-27-42(28-30-43)55-49-20-9-7-17-45(49)35-52-47-18-8-6-15-40(47)32-33-51(52)55/h1-36H. The van der Waals surface area contributed by atoms with Crippen molar-refractivity contribution >= 4 is 43.1 Å². The van der Waals surface area contributed by atoms with Crippen LogP contribution in [0.2, 0.25) is 0 Å². The largest absolute Gasteiger partial charge is 0.228 e. The lowest BCUT2D eigenvalue weighted by molar-refractivity contribution is 1.18. The molecule has 0 amide bonds. The Bertz CT molecular complexity index is 3310. The summed E-state index contributed by atoms with van der Waals surface area (Å²) in [6.07, 6.45) is 0. The predicted molar refractivity (Wildman–Crippen MR) is 245 cm³/mol. The highest BCUT2D eigenvalue weighted by Gasteiger charge is 2.17. The van der Waals surface area contributed by atoms with Gasteiger partial charge in [0.1, 0.15) is 0 Å². The predicted octanol–water partition coefficient (Wildman–Crippen LogP) is 15.1. The van der Waals surface area contributed by atoms with Crippen LogP contribution in [-0.2, 0) is 0 Å². The van der Waals surface area contributed by atoms with E-state index in [2.05, 4.69) is 218 Å². The zero-order chi connectivity index (χ0) is 38.4. The van der Waals surface area contributed by atoms with Crippen LogP contribution < -0.4 is 0 Å². The van der Waals surface area contributed by atoms with E-state index in [1.54, 1.807) is 0 Å². The van der Waals surface area contributed by atoms with Gasteiger partial charge in [-0.2, -0.15) is 0 Å². The molecule has 0 atom stereocenters. The van der Waals surface area contributed by atoms with Crippen molar-refractivity contribution in [1.82, 2.24) is 9.97 Å². The molecule has 0 radical (unpaired) electrons. The second-order valence-corrected chi connectivity index (χ2v) is 14.9. The van der Waals surface area contributed by atoms with E-state index in [9.17, 15) is 0 Å². The van der Waals surface area contributed by atoms with Gasteiger partial charge in [-0.05, 0) is 94.7 Å². The third-order valence-corrected chi connectivity index (χ3v) is 11.5. The summed E-state index contributed by atoms with van der Waals surface area (Å²) in [7, 11) is 0. The van der Waals surface area contributed by atoms with Crippen LogP contribution >= 0.6 is 0 Å². The van der Waals surface area contributed by atoms with Crippen molar-refractivity contribution in [2.75, 3.05) is 0 Å². The molecule has 0 saturated carbocycles. The molecule has 0 saturated heterocycles. The Labute approximate surface area is 337 Å². The molecule has 0 fully saturated rings. The van der Waals surface area contributed by atoms with E-state index in [1.807, 2.05) is 0 Å². The normalized spacial score (nSPS) is 11.4. The fraction of sp³-hybridized carbons (Fsp3) is 0. The van der Waals surface area contributed by atoms with Crippen molar-refractivity contribution in [3.63, 3.8) is 0 Å². The molecule has 0 bridgehead atoms. The molecule has 0 unspecified atom stereocenters. The second-order valence-electron chi connectivity index (χ2n) is 14.9. The first-order chi connectivity index (χ1) is 28.7. The quantitative estimate of drug-likeness (QED) is 0.125. The van der Waals surface area contributed by atoms with E-state index in [-0.39, 0.29) is 0 Å². The van der Waals surface area contributed by atoms with Gasteiger partial charge >= 0.3 is 0 Å². The zero-order valence-corrected chi connectivity index (χ0v) is 31.7. The minimum absolute atomic E-state index is 0.688. The number of aromatic nitrogens is 2. The van der Waals surface area contributed by atoms with Crippen LogP contribution in [-0.4, -0.2) is 9.97 Å². The van der Waals surface area contributed by atoms with Gasteiger partial charge in [0.05, 0.1) is 11.4 Å². The monoisotopic (exact) mass is 736 g/mol. The summed E-state index contributed by atoms with van der Waals surface area (Å²) >= 11 is 0. The molecule has 11 rings (SSSR count). The molecule has 0 aliphatic carbocycles. The number of rotatable bonds is 6. The lowest BCUT2D eigenvalue weighted by atomic mass is 9.89. The summed E-state index contributed by atoms with van der Waals surface area (Å²) in [5, 5.41) is 9.93. The van der Waals surface area contributed by atoms with Crippen LogP contribution in [0.5, 0.6) is 0 Å². The van der Waals surface area contributed by atoms with Crippen molar-refractivity contribution in [3.05, 3.63) is 218 Å². The second kappa shape index (κ2) is 14.1. The van der Waals surface area contributed by atoms with Gasteiger partial charge in [0.25, 0.3) is 0 Å². The summed E-state index contributed by atoms with van der Waals surface area (Å²) in [6, 6.07) is 78.2. The Morgan fingerprint density at radius 1 is 0.241 bits per heavy atom. The molecule has 11 aromatic rings. The number of hydrogen-bond donors (Lipinski definition) is 0. The van der Waals surface area contributed by atoms with Crippen molar-refractivity contribution in [3.8, 4) is 67.3 Å². The summed E-state index contributed by atoms with van der Waals surface area (Å²) in [5.74, 6) is 0.688. The topological polar surface area (TPSA) is 25.8 Å². The lowest BCUT2D eigenvalue weighted by Gasteiger charge is -2.15. The van der Waals surface area contributed by atoms with Crippen LogP contribution in [0.25, 0.3) is 110 Å².